The zero-order valence-electron chi connectivity index (χ0n) is 9.95. The maximum atomic E-state index is 12.0. The number of rotatable bonds is 7. The van der Waals surface area contributed by atoms with Gasteiger partial charge in [-0.05, 0) is 19.4 Å². The number of carboxylic acids is 1. The van der Waals surface area contributed by atoms with Crippen molar-refractivity contribution in [2.75, 3.05) is 20.2 Å². The van der Waals surface area contributed by atoms with Crippen LogP contribution in [0.4, 0.5) is 0 Å². The van der Waals surface area contributed by atoms with Crippen molar-refractivity contribution in [2.24, 2.45) is 11.8 Å². The Kier molecular flexibility index (Phi) is 4.04. The highest BCUT2D eigenvalue weighted by Crippen LogP contribution is 2.33. The lowest BCUT2D eigenvalue weighted by Crippen LogP contribution is -2.42. The summed E-state index contributed by atoms with van der Waals surface area (Å²) in [6, 6.07) is 0. The second kappa shape index (κ2) is 4.93. The number of ether oxygens (including phenoxy) is 1. The largest absolute Gasteiger partial charge is 0.479 e. The van der Waals surface area contributed by atoms with E-state index in [-0.39, 0.29) is 18.3 Å². The van der Waals surface area contributed by atoms with E-state index in [0.29, 0.717) is 18.9 Å². The van der Waals surface area contributed by atoms with Crippen LogP contribution in [0.1, 0.15) is 20.3 Å². The summed E-state index contributed by atoms with van der Waals surface area (Å²) in [5, 5.41) is 11.9. The molecule has 1 fully saturated rings. The number of ketones is 1. The molecular weight excluding hydrogens is 210 g/mol. The first-order valence-corrected chi connectivity index (χ1v) is 5.50. The smallest absolute Gasteiger partial charge is 0.346 e. The predicted molar refractivity (Wildman–Crippen MR) is 58.2 cm³/mol. The lowest BCUT2D eigenvalue weighted by molar-refractivity contribution is -0.149. The Bertz CT molecular complexity index is 284. The molecule has 2 unspecified atom stereocenters. The summed E-state index contributed by atoms with van der Waals surface area (Å²) in [7, 11) is 1.75. The first-order valence-electron chi connectivity index (χ1n) is 5.50. The van der Waals surface area contributed by atoms with Crippen molar-refractivity contribution in [3.8, 4) is 0 Å². The molecule has 1 saturated heterocycles. The van der Waals surface area contributed by atoms with Crippen LogP contribution in [-0.2, 0) is 14.3 Å². The normalized spacial score (nSPS) is 25.5. The van der Waals surface area contributed by atoms with Crippen LogP contribution in [-0.4, -0.2) is 42.7 Å². The highest BCUT2D eigenvalue weighted by atomic mass is 16.6. The van der Waals surface area contributed by atoms with Gasteiger partial charge in [0.1, 0.15) is 0 Å². The number of Topliss-reactive ketones (excluding diaryl/α,β-unsaturated/α-hetero) is 1. The van der Waals surface area contributed by atoms with Crippen LogP contribution in [0, 0.1) is 11.8 Å². The zero-order chi connectivity index (χ0) is 12.3. The Hall–Kier alpha value is -0.940. The van der Waals surface area contributed by atoms with E-state index in [1.165, 1.54) is 0 Å². The molecule has 1 aliphatic rings. The summed E-state index contributed by atoms with van der Waals surface area (Å²) in [6.45, 7) is 4.53. The quantitative estimate of drug-likeness (QED) is 0.484. The fourth-order valence-electron chi connectivity index (χ4n) is 1.87. The molecule has 0 bridgehead atoms. The molecule has 0 aromatic heterocycles. The van der Waals surface area contributed by atoms with Crippen LogP contribution >= 0.6 is 0 Å². The minimum Gasteiger partial charge on any atom is -0.479 e. The van der Waals surface area contributed by atoms with E-state index >= 15 is 0 Å². The average molecular weight is 229 g/mol. The van der Waals surface area contributed by atoms with Gasteiger partial charge in [0.25, 0.3) is 0 Å². The van der Waals surface area contributed by atoms with Gasteiger partial charge in [0.05, 0.1) is 6.61 Å². The van der Waals surface area contributed by atoms with Gasteiger partial charge in [-0.15, -0.1) is 0 Å². The number of epoxide rings is 1. The van der Waals surface area contributed by atoms with Crippen molar-refractivity contribution < 1.29 is 19.4 Å². The lowest BCUT2D eigenvalue weighted by Gasteiger charge is -2.19. The highest BCUT2D eigenvalue weighted by Gasteiger charge is 2.60. The highest BCUT2D eigenvalue weighted by molar-refractivity contribution is 6.10. The standard InChI is InChI=1S/C11H19NO4/c1-7(2)4-8(5-12-3)9(13)11(6-16-11)10(14)15/h7-8,12H,4-6H2,1-3H3,(H,14,15). The van der Waals surface area contributed by atoms with E-state index in [2.05, 4.69) is 5.32 Å². The number of carboxylic acid groups (broad SMARTS) is 1. The molecule has 16 heavy (non-hydrogen) atoms. The number of carbonyl (C=O) groups excluding carboxylic acids is 1. The van der Waals surface area contributed by atoms with E-state index in [1.54, 1.807) is 7.05 Å². The Morgan fingerprint density at radius 3 is 2.38 bits per heavy atom. The molecule has 0 saturated carbocycles. The van der Waals surface area contributed by atoms with Gasteiger partial charge in [0.2, 0.25) is 5.60 Å². The van der Waals surface area contributed by atoms with Gasteiger partial charge < -0.3 is 15.2 Å². The third-order valence-corrected chi connectivity index (χ3v) is 2.75. The topological polar surface area (TPSA) is 78.9 Å². The summed E-state index contributed by atoms with van der Waals surface area (Å²) in [5.74, 6) is -1.40. The maximum Gasteiger partial charge on any atom is 0.346 e. The number of aliphatic carboxylic acids is 1. The zero-order valence-corrected chi connectivity index (χ0v) is 9.95. The van der Waals surface area contributed by atoms with Crippen LogP contribution in [0.5, 0.6) is 0 Å². The molecule has 1 aliphatic heterocycles. The Labute approximate surface area is 95.2 Å². The van der Waals surface area contributed by atoms with Gasteiger partial charge in [-0.25, -0.2) is 4.79 Å². The molecule has 92 valence electrons. The predicted octanol–water partition coefficient (Wildman–Crippen LogP) is 0.291. The molecule has 2 atom stereocenters. The molecule has 1 rings (SSSR count). The average Bonchev–Trinajstić information content (AvgIpc) is 2.96. The third-order valence-electron chi connectivity index (χ3n) is 2.75. The number of hydrogen-bond donors (Lipinski definition) is 2. The third kappa shape index (κ3) is 2.59. The van der Waals surface area contributed by atoms with Gasteiger partial charge in [-0.3, -0.25) is 4.79 Å². The molecule has 0 amide bonds. The Morgan fingerprint density at radius 2 is 2.06 bits per heavy atom. The van der Waals surface area contributed by atoms with Gasteiger partial charge in [0, 0.05) is 12.5 Å². The summed E-state index contributed by atoms with van der Waals surface area (Å²) in [5.41, 5.74) is -1.55. The molecule has 0 radical (unpaired) electrons. The monoisotopic (exact) mass is 229 g/mol. The fourth-order valence-corrected chi connectivity index (χ4v) is 1.87. The summed E-state index contributed by atoms with van der Waals surface area (Å²) in [6.07, 6.45) is 0.679. The van der Waals surface area contributed by atoms with Crippen molar-refractivity contribution in [3.63, 3.8) is 0 Å². The van der Waals surface area contributed by atoms with Crippen LogP contribution in [0.3, 0.4) is 0 Å². The van der Waals surface area contributed by atoms with Crippen molar-refractivity contribution >= 4 is 11.8 Å². The van der Waals surface area contributed by atoms with E-state index in [9.17, 15) is 9.59 Å². The minimum atomic E-state index is -1.55. The van der Waals surface area contributed by atoms with E-state index < -0.39 is 11.6 Å². The first-order chi connectivity index (χ1) is 7.44. The van der Waals surface area contributed by atoms with Gasteiger partial charge in [-0.2, -0.15) is 0 Å². The molecule has 5 nitrogen and oxygen atoms in total. The van der Waals surface area contributed by atoms with Crippen molar-refractivity contribution in [1.29, 1.82) is 0 Å². The second-order valence-corrected chi connectivity index (χ2v) is 4.67. The number of hydrogen-bond acceptors (Lipinski definition) is 4. The van der Waals surface area contributed by atoms with Crippen LogP contribution in [0.2, 0.25) is 0 Å². The summed E-state index contributed by atoms with van der Waals surface area (Å²) < 4.78 is 4.85. The van der Waals surface area contributed by atoms with Gasteiger partial charge in [-0.1, -0.05) is 13.8 Å². The summed E-state index contributed by atoms with van der Waals surface area (Å²) >= 11 is 0. The molecule has 5 heteroatoms. The SMILES string of the molecule is CNCC(CC(C)C)C(=O)C1(C(=O)O)CO1. The Balaban J connectivity index is 2.71. The van der Waals surface area contributed by atoms with Crippen molar-refractivity contribution in [3.05, 3.63) is 0 Å². The van der Waals surface area contributed by atoms with Crippen LogP contribution in [0.15, 0.2) is 0 Å². The van der Waals surface area contributed by atoms with E-state index in [1.807, 2.05) is 13.8 Å². The first kappa shape index (κ1) is 13.1. The van der Waals surface area contributed by atoms with Crippen molar-refractivity contribution in [1.82, 2.24) is 5.32 Å². The van der Waals surface area contributed by atoms with Crippen LogP contribution in [0.25, 0.3) is 0 Å². The molecular formula is C11H19NO4. The molecule has 2 N–H and O–H groups in total. The van der Waals surface area contributed by atoms with Crippen molar-refractivity contribution in [2.45, 2.75) is 25.9 Å². The molecule has 0 aromatic rings. The Morgan fingerprint density at radius 1 is 1.50 bits per heavy atom. The molecule has 1 heterocycles. The summed E-state index contributed by atoms with van der Waals surface area (Å²) in [4.78, 5) is 23.0. The van der Waals surface area contributed by atoms with Gasteiger partial charge >= 0.3 is 5.97 Å². The molecule has 0 aromatic carbocycles. The minimum absolute atomic E-state index is 0.0134. The lowest BCUT2D eigenvalue weighted by atomic mass is 9.86. The van der Waals surface area contributed by atoms with E-state index in [0.717, 1.165) is 0 Å². The maximum absolute atomic E-state index is 12.0. The number of nitrogens with one attached hydrogen (secondary N) is 1. The fraction of sp³-hybridized carbons (Fsp3) is 0.818. The van der Waals surface area contributed by atoms with Gasteiger partial charge in [0.15, 0.2) is 5.78 Å². The van der Waals surface area contributed by atoms with Crippen LogP contribution < -0.4 is 5.32 Å². The second-order valence-electron chi connectivity index (χ2n) is 4.67. The molecule has 0 spiro atoms. The number of carbonyl (C=O) groups is 2. The van der Waals surface area contributed by atoms with E-state index in [4.69, 9.17) is 9.84 Å². The molecule has 0 aliphatic carbocycles.